The molecule has 0 radical (unpaired) electrons. The predicted octanol–water partition coefficient (Wildman–Crippen LogP) is 4.62. The number of carbonyl (C=O) groups excluding carboxylic acids is 1. The summed E-state index contributed by atoms with van der Waals surface area (Å²) in [6.45, 7) is 5.38. The van der Waals surface area contributed by atoms with Crippen LogP contribution in [0.25, 0.3) is 10.2 Å². The molecule has 0 aliphatic carbocycles. The molecule has 0 bridgehead atoms. The minimum atomic E-state index is -3.59. The zero-order valence-electron chi connectivity index (χ0n) is 19.5. The zero-order valence-corrected chi connectivity index (χ0v) is 21.8. The molecule has 0 N–H and O–H groups in total. The van der Waals surface area contributed by atoms with E-state index in [0.29, 0.717) is 35.1 Å². The average Bonchev–Trinajstić information content (AvgIpc) is 3.17. The summed E-state index contributed by atoms with van der Waals surface area (Å²) >= 11 is 7.74. The van der Waals surface area contributed by atoms with E-state index < -0.39 is 15.9 Å². The maximum absolute atomic E-state index is 13.1. The van der Waals surface area contributed by atoms with Crippen molar-refractivity contribution >= 4 is 49.1 Å². The van der Waals surface area contributed by atoms with Gasteiger partial charge in [0.25, 0.3) is 5.91 Å². The molecule has 34 heavy (non-hydrogen) atoms. The molecule has 182 valence electrons. The molecule has 0 spiro atoms. The minimum Gasteiger partial charge on any atom is -0.383 e. The molecule has 1 fully saturated rings. The van der Waals surface area contributed by atoms with E-state index in [0.717, 1.165) is 35.0 Å². The van der Waals surface area contributed by atoms with Crippen LogP contribution in [-0.2, 0) is 21.3 Å². The van der Waals surface area contributed by atoms with Gasteiger partial charge in [-0.15, -0.1) is 0 Å². The third-order valence-electron chi connectivity index (χ3n) is 6.20. The van der Waals surface area contributed by atoms with Crippen molar-refractivity contribution in [3.63, 3.8) is 0 Å². The lowest BCUT2D eigenvalue weighted by atomic mass is 10.1. The highest BCUT2D eigenvalue weighted by molar-refractivity contribution is 7.89. The van der Waals surface area contributed by atoms with Gasteiger partial charge in [-0.05, 0) is 68.7 Å². The first kappa shape index (κ1) is 25.1. The fourth-order valence-corrected chi connectivity index (χ4v) is 7.24. The first-order valence-corrected chi connectivity index (χ1v) is 13.9. The second kappa shape index (κ2) is 10.3. The van der Waals surface area contributed by atoms with Gasteiger partial charge in [0.15, 0.2) is 4.80 Å². The maximum atomic E-state index is 13.1. The molecule has 10 heteroatoms. The molecule has 1 aliphatic rings. The average molecular weight is 522 g/mol. The molecule has 4 rings (SSSR count). The van der Waals surface area contributed by atoms with Crippen LogP contribution in [0.5, 0.6) is 0 Å². The zero-order chi connectivity index (χ0) is 24.5. The quantitative estimate of drug-likeness (QED) is 0.474. The lowest BCUT2D eigenvalue weighted by Crippen LogP contribution is -2.41. The van der Waals surface area contributed by atoms with Gasteiger partial charge in [0, 0.05) is 36.8 Å². The normalized spacial score (nSPS) is 18.0. The van der Waals surface area contributed by atoms with Crippen molar-refractivity contribution in [2.24, 2.45) is 4.99 Å². The Kier molecular flexibility index (Phi) is 7.59. The van der Waals surface area contributed by atoms with Gasteiger partial charge >= 0.3 is 0 Å². The van der Waals surface area contributed by atoms with Crippen LogP contribution in [0, 0.1) is 6.92 Å². The molecule has 1 aromatic heterocycles. The predicted molar refractivity (Wildman–Crippen MR) is 135 cm³/mol. The molecule has 3 aromatic rings. The molecular formula is C24H28ClN3O4S2. The number of ether oxygens (including phenoxy) is 1. The fourth-order valence-electron chi connectivity index (χ4n) is 4.28. The molecule has 2 aromatic carbocycles. The Morgan fingerprint density at radius 1 is 1.21 bits per heavy atom. The summed E-state index contributed by atoms with van der Waals surface area (Å²) in [6, 6.07) is 9.78. The minimum absolute atomic E-state index is 0.0254. The highest BCUT2D eigenvalue weighted by Gasteiger charge is 2.30. The second-order valence-corrected chi connectivity index (χ2v) is 11.8. The number of thiazole rings is 1. The van der Waals surface area contributed by atoms with Gasteiger partial charge in [-0.2, -0.15) is 9.30 Å². The van der Waals surface area contributed by atoms with Crippen molar-refractivity contribution in [1.82, 2.24) is 8.87 Å². The number of hydrogen-bond donors (Lipinski definition) is 0. The van der Waals surface area contributed by atoms with Gasteiger partial charge in [-0.3, -0.25) is 4.79 Å². The number of fused-ring (bicyclic) bond motifs is 1. The van der Waals surface area contributed by atoms with Crippen LogP contribution in [0.1, 0.15) is 42.1 Å². The van der Waals surface area contributed by atoms with Gasteiger partial charge in [-0.25, -0.2) is 8.42 Å². The number of piperidine rings is 1. The first-order valence-electron chi connectivity index (χ1n) is 11.2. The Hall–Kier alpha value is -2.04. The molecule has 7 nitrogen and oxygen atoms in total. The number of nitrogens with zero attached hydrogens (tertiary/aromatic N) is 3. The standard InChI is InChI=1S/C24H28ClN3O4S2/c1-16-6-4-5-13-28(16)34(30,31)19-9-7-18(8-10-19)23(29)26-24-27(14-15-32-3)22-17(2)20(25)11-12-21(22)33-24/h7-12,16H,4-6,13-15H2,1-3H3. The largest absolute Gasteiger partial charge is 0.383 e. The monoisotopic (exact) mass is 521 g/mol. The highest BCUT2D eigenvalue weighted by Crippen LogP contribution is 2.28. The number of amides is 1. The van der Waals surface area contributed by atoms with Crippen LogP contribution >= 0.6 is 22.9 Å². The summed E-state index contributed by atoms with van der Waals surface area (Å²) < 4.78 is 35.9. The van der Waals surface area contributed by atoms with Crippen LogP contribution in [-0.4, -0.2) is 49.5 Å². The lowest BCUT2D eigenvalue weighted by molar-refractivity contribution is 0.0997. The van der Waals surface area contributed by atoms with Gasteiger partial charge in [0.1, 0.15) is 0 Å². The van der Waals surface area contributed by atoms with Crippen molar-refractivity contribution in [1.29, 1.82) is 0 Å². The number of hydrogen-bond acceptors (Lipinski definition) is 5. The highest BCUT2D eigenvalue weighted by atomic mass is 35.5. The van der Waals surface area contributed by atoms with Crippen LogP contribution in [0.3, 0.4) is 0 Å². The molecular weight excluding hydrogens is 494 g/mol. The van der Waals surface area contributed by atoms with E-state index >= 15 is 0 Å². The SMILES string of the molecule is COCCn1c(=NC(=O)c2ccc(S(=O)(=O)N3CCCCC3C)cc2)sc2ccc(Cl)c(C)c21. The van der Waals surface area contributed by atoms with Crippen molar-refractivity contribution in [2.75, 3.05) is 20.3 Å². The smallest absolute Gasteiger partial charge is 0.279 e. The van der Waals surface area contributed by atoms with E-state index in [1.165, 1.54) is 35.6 Å². The molecule has 0 saturated carbocycles. The molecule has 1 amide bonds. The number of aryl methyl sites for hydroxylation is 1. The molecule has 1 atom stereocenters. The van der Waals surface area contributed by atoms with Crippen LogP contribution in [0.15, 0.2) is 46.3 Å². The van der Waals surface area contributed by atoms with Crippen molar-refractivity contribution in [3.05, 3.63) is 57.3 Å². The Morgan fingerprint density at radius 2 is 1.94 bits per heavy atom. The van der Waals surface area contributed by atoms with Crippen LogP contribution in [0.2, 0.25) is 5.02 Å². The molecule has 1 saturated heterocycles. The topological polar surface area (TPSA) is 81.0 Å². The van der Waals surface area contributed by atoms with Gasteiger partial charge in [-0.1, -0.05) is 29.4 Å². The summed E-state index contributed by atoms with van der Waals surface area (Å²) in [5, 5.41) is 0.647. The molecule has 1 aliphatic heterocycles. The molecule has 1 unspecified atom stereocenters. The number of aromatic nitrogens is 1. The summed E-state index contributed by atoms with van der Waals surface area (Å²) in [5.41, 5.74) is 2.18. The summed E-state index contributed by atoms with van der Waals surface area (Å²) in [7, 11) is -1.97. The van der Waals surface area contributed by atoms with E-state index in [1.54, 1.807) is 11.4 Å². The van der Waals surface area contributed by atoms with E-state index in [9.17, 15) is 13.2 Å². The van der Waals surface area contributed by atoms with Crippen molar-refractivity contribution in [2.45, 2.75) is 50.6 Å². The number of methoxy groups -OCH3 is 1. The fraction of sp³-hybridized carbons (Fsp3) is 0.417. The summed E-state index contributed by atoms with van der Waals surface area (Å²) in [5.74, 6) is -0.434. The van der Waals surface area contributed by atoms with Crippen LogP contribution in [0.4, 0.5) is 0 Å². The number of sulfonamides is 1. The van der Waals surface area contributed by atoms with Crippen LogP contribution < -0.4 is 4.80 Å². The second-order valence-electron chi connectivity index (χ2n) is 8.45. The Bertz CT molecular complexity index is 1380. The van der Waals surface area contributed by atoms with Gasteiger partial charge in [0.2, 0.25) is 10.0 Å². The third kappa shape index (κ3) is 4.85. The van der Waals surface area contributed by atoms with E-state index in [-0.39, 0.29) is 10.9 Å². The Morgan fingerprint density at radius 3 is 2.62 bits per heavy atom. The van der Waals surface area contributed by atoms with Gasteiger partial charge in [0.05, 0.1) is 21.7 Å². The number of rotatable bonds is 6. The number of carbonyl (C=O) groups is 1. The Labute approximate surface area is 208 Å². The summed E-state index contributed by atoms with van der Waals surface area (Å²) in [6.07, 6.45) is 2.76. The van der Waals surface area contributed by atoms with Gasteiger partial charge < -0.3 is 9.30 Å². The number of halogens is 1. The lowest BCUT2D eigenvalue weighted by Gasteiger charge is -2.32. The summed E-state index contributed by atoms with van der Waals surface area (Å²) in [4.78, 5) is 18.1. The molecule has 2 heterocycles. The first-order chi connectivity index (χ1) is 16.2. The number of benzene rings is 2. The Balaban J connectivity index is 1.67. The van der Waals surface area contributed by atoms with E-state index in [4.69, 9.17) is 16.3 Å². The van der Waals surface area contributed by atoms with Crippen molar-refractivity contribution < 1.29 is 17.9 Å². The van der Waals surface area contributed by atoms with Crippen molar-refractivity contribution in [3.8, 4) is 0 Å². The maximum Gasteiger partial charge on any atom is 0.279 e. The third-order valence-corrected chi connectivity index (χ3v) is 9.68. The van der Waals surface area contributed by atoms with E-state index in [2.05, 4.69) is 4.99 Å². The van der Waals surface area contributed by atoms with E-state index in [1.807, 2.05) is 30.5 Å².